The van der Waals surface area contributed by atoms with E-state index in [1.807, 2.05) is 18.2 Å². The quantitative estimate of drug-likeness (QED) is 0.489. The first kappa shape index (κ1) is 17.5. The van der Waals surface area contributed by atoms with Gasteiger partial charge in [0.25, 0.3) is 5.89 Å². The van der Waals surface area contributed by atoms with Gasteiger partial charge in [0.05, 0.1) is 28.8 Å². The van der Waals surface area contributed by atoms with Crippen LogP contribution in [0.4, 0.5) is 8.78 Å². The van der Waals surface area contributed by atoms with Crippen LogP contribution in [0.5, 0.6) is 0 Å². The van der Waals surface area contributed by atoms with Gasteiger partial charge in [0.2, 0.25) is 5.89 Å². The van der Waals surface area contributed by atoms with E-state index in [1.54, 1.807) is 28.3 Å². The summed E-state index contributed by atoms with van der Waals surface area (Å²) in [4.78, 5) is 16.8. The number of imidazole rings is 1. The summed E-state index contributed by atoms with van der Waals surface area (Å²) in [7, 11) is 1.71. The topological polar surface area (TPSA) is 78.7 Å². The molecule has 138 valence electrons. The zero-order valence-corrected chi connectivity index (χ0v) is 15.5. The summed E-state index contributed by atoms with van der Waals surface area (Å²) in [6, 6.07) is 8.92. The van der Waals surface area contributed by atoms with Crippen LogP contribution in [0.1, 0.15) is 18.0 Å². The Morgan fingerprint density at radius 3 is 2.67 bits per heavy atom. The molecule has 27 heavy (non-hydrogen) atoms. The van der Waals surface area contributed by atoms with E-state index in [4.69, 9.17) is 4.42 Å². The second-order valence-corrected chi connectivity index (χ2v) is 6.76. The Morgan fingerprint density at radius 1 is 1.19 bits per heavy atom. The van der Waals surface area contributed by atoms with Gasteiger partial charge in [-0.25, -0.2) is 4.79 Å². The van der Waals surface area contributed by atoms with Gasteiger partial charge in [0, 0.05) is 17.7 Å². The number of nitrogens with zero attached hydrogens (tertiary/aromatic N) is 5. The number of fused-ring (bicyclic) bond motifs is 1. The summed E-state index contributed by atoms with van der Waals surface area (Å²) in [5.74, 6) is -0.765. The Bertz CT molecular complexity index is 1180. The van der Waals surface area contributed by atoms with Crippen molar-refractivity contribution >= 4 is 27.0 Å². The Kier molecular flexibility index (Phi) is 4.34. The van der Waals surface area contributed by atoms with Gasteiger partial charge >= 0.3 is 12.1 Å². The normalized spacial score (nSPS) is 11.6. The van der Waals surface area contributed by atoms with Crippen molar-refractivity contribution in [2.45, 2.75) is 13.0 Å². The van der Waals surface area contributed by atoms with Crippen LogP contribution in [-0.2, 0) is 13.6 Å². The molecule has 7 nitrogen and oxygen atoms in total. The second kappa shape index (κ2) is 6.69. The number of halogens is 3. The number of hydrogen-bond acceptors (Lipinski definition) is 5. The van der Waals surface area contributed by atoms with Gasteiger partial charge in [-0.2, -0.15) is 8.78 Å². The van der Waals surface area contributed by atoms with Crippen molar-refractivity contribution in [3.8, 4) is 11.5 Å². The highest BCUT2D eigenvalue weighted by molar-refractivity contribution is 9.10. The minimum atomic E-state index is -2.82. The number of rotatable bonds is 4. The number of pyridine rings is 1. The molecule has 1 aromatic carbocycles. The number of hydrogen-bond donors (Lipinski definition) is 0. The molecular weight excluding hydrogens is 424 g/mol. The highest BCUT2D eigenvalue weighted by atomic mass is 79.9. The smallest absolute Gasteiger partial charge is 0.329 e. The first-order valence-corrected chi connectivity index (χ1v) is 8.65. The van der Waals surface area contributed by atoms with E-state index in [9.17, 15) is 13.6 Å². The maximum absolute atomic E-state index is 12.5. The van der Waals surface area contributed by atoms with Gasteiger partial charge in [-0.1, -0.05) is 15.9 Å². The zero-order valence-electron chi connectivity index (χ0n) is 13.9. The maximum atomic E-state index is 12.5. The molecule has 0 amide bonds. The van der Waals surface area contributed by atoms with Crippen LogP contribution >= 0.6 is 15.9 Å². The fourth-order valence-electron chi connectivity index (χ4n) is 2.78. The maximum Gasteiger partial charge on any atom is 0.329 e. The molecule has 0 aliphatic rings. The van der Waals surface area contributed by atoms with Gasteiger partial charge in [-0.3, -0.25) is 14.1 Å². The van der Waals surface area contributed by atoms with E-state index < -0.39 is 12.3 Å². The third-order valence-electron chi connectivity index (χ3n) is 4.13. The number of benzene rings is 1. The molecule has 0 spiro atoms. The Hall–Kier alpha value is -2.88. The summed E-state index contributed by atoms with van der Waals surface area (Å²) in [6.07, 6.45) is -1.37. The molecule has 4 aromatic rings. The summed E-state index contributed by atoms with van der Waals surface area (Å²) >= 11 is 3.40. The Labute approximate surface area is 159 Å². The summed E-state index contributed by atoms with van der Waals surface area (Å²) in [5.41, 5.74) is 2.48. The van der Waals surface area contributed by atoms with Gasteiger partial charge in [0.15, 0.2) is 0 Å². The van der Waals surface area contributed by atoms with E-state index >= 15 is 0 Å². The number of aryl methyl sites for hydroxylation is 1. The van der Waals surface area contributed by atoms with E-state index in [-0.39, 0.29) is 18.1 Å². The highest BCUT2D eigenvalue weighted by Gasteiger charge is 2.17. The van der Waals surface area contributed by atoms with Crippen molar-refractivity contribution in [1.82, 2.24) is 24.3 Å². The molecule has 4 rings (SSSR count). The van der Waals surface area contributed by atoms with Crippen LogP contribution in [-0.4, -0.2) is 24.3 Å². The minimum absolute atomic E-state index is 0.0310. The fraction of sp³-hybridized carbons (Fsp3) is 0.176. The molecule has 0 atom stereocenters. The lowest BCUT2D eigenvalue weighted by molar-refractivity contribution is 0.116. The van der Waals surface area contributed by atoms with Crippen LogP contribution in [0, 0.1) is 0 Å². The molecular formula is C17H12BrF2N5O2. The molecule has 0 aliphatic carbocycles. The molecule has 0 aliphatic heterocycles. The van der Waals surface area contributed by atoms with Gasteiger partial charge in [-0.15, -0.1) is 10.2 Å². The largest absolute Gasteiger partial charge is 0.415 e. The molecule has 0 bridgehead atoms. The van der Waals surface area contributed by atoms with Crippen molar-refractivity contribution in [2.24, 2.45) is 7.05 Å². The van der Waals surface area contributed by atoms with E-state index in [2.05, 4.69) is 31.1 Å². The molecule has 0 N–H and O–H groups in total. The molecule has 3 aromatic heterocycles. The SMILES string of the molecule is Cn1c(=O)n(Cc2ccc(-c3nnc(C(F)F)o3)cn2)c2ccc(Br)cc21. The Morgan fingerprint density at radius 2 is 2.00 bits per heavy atom. The predicted molar refractivity (Wildman–Crippen MR) is 96.5 cm³/mol. The first-order chi connectivity index (χ1) is 12.9. The third-order valence-corrected chi connectivity index (χ3v) is 4.62. The predicted octanol–water partition coefficient (Wildman–Crippen LogP) is 3.53. The average Bonchev–Trinajstić information content (AvgIpc) is 3.23. The van der Waals surface area contributed by atoms with Crippen LogP contribution in [0.15, 0.2) is 50.2 Å². The van der Waals surface area contributed by atoms with Crippen molar-refractivity contribution in [3.05, 3.63) is 63.1 Å². The summed E-state index contributed by atoms with van der Waals surface area (Å²) < 4.78 is 34.1. The van der Waals surface area contributed by atoms with Gasteiger partial charge < -0.3 is 4.42 Å². The molecule has 0 unspecified atom stereocenters. The lowest BCUT2D eigenvalue weighted by atomic mass is 10.2. The first-order valence-electron chi connectivity index (χ1n) is 7.85. The molecule has 0 saturated heterocycles. The molecule has 3 heterocycles. The standard InChI is InChI=1S/C17H12BrF2N5O2/c1-24-13-6-10(18)3-5-12(13)25(17(24)26)8-11-4-2-9(7-21-11)15-22-23-16(27-15)14(19)20/h2-7,14H,8H2,1H3. The fourth-order valence-corrected chi connectivity index (χ4v) is 3.13. The lowest BCUT2D eigenvalue weighted by Gasteiger charge is -2.04. The Balaban J connectivity index is 1.65. The minimum Gasteiger partial charge on any atom is -0.415 e. The second-order valence-electron chi connectivity index (χ2n) is 5.85. The third kappa shape index (κ3) is 3.16. The van der Waals surface area contributed by atoms with Crippen molar-refractivity contribution < 1.29 is 13.2 Å². The van der Waals surface area contributed by atoms with Crippen molar-refractivity contribution in [3.63, 3.8) is 0 Å². The van der Waals surface area contributed by atoms with Crippen molar-refractivity contribution in [1.29, 1.82) is 0 Å². The van der Waals surface area contributed by atoms with E-state index in [0.717, 1.165) is 15.5 Å². The summed E-state index contributed by atoms with van der Waals surface area (Å²) in [5, 5.41) is 6.88. The van der Waals surface area contributed by atoms with Crippen LogP contribution < -0.4 is 5.69 Å². The lowest BCUT2D eigenvalue weighted by Crippen LogP contribution is -2.23. The van der Waals surface area contributed by atoms with E-state index in [1.165, 1.54) is 6.20 Å². The number of aromatic nitrogens is 5. The van der Waals surface area contributed by atoms with Crippen LogP contribution in [0.2, 0.25) is 0 Å². The molecule has 0 fully saturated rings. The van der Waals surface area contributed by atoms with Gasteiger partial charge in [0.1, 0.15) is 0 Å². The number of alkyl halides is 2. The molecule has 0 saturated carbocycles. The monoisotopic (exact) mass is 435 g/mol. The highest BCUT2D eigenvalue weighted by Crippen LogP contribution is 2.23. The summed E-state index contributed by atoms with van der Waals surface area (Å²) in [6.45, 7) is 0.268. The van der Waals surface area contributed by atoms with Crippen molar-refractivity contribution in [2.75, 3.05) is 0 Å². The average molecular weight is 436 g/mol. The zero-order chi connectivity index (χ0) is 19.1. The van der Waals surface area contributed by atoms with Gasteiger partial charge in [-0.05, 0) is 30.3 Å². The van der Waals surface area contributed by atoms with Crippen LogP contribution in [0.3, 0.4) is 0 Å². The molecule has 0 radical (unpaired) electrons. The molecule has 10 heteroatoms. The van der Waals surface area contributed by atoms with Crippen LogP contribution in [0.25, 0.3) is 22.5 Å². The van der Waals surface area contributed by atoms with E-state index in [0.29, 0.717) is 11.3 Å².